The zero-order chi connectivity index (χ0) is 32.5. The molecule has 11 heteroatoms. The lowest BCUT2D eigenvalue weighted by Gasteiger charge is -2.15. The molecule has 7 nitrogen and oxygen atoms in total. The van der Waals surface area contributed by atoms with Gasteiger partial charge in [0.05, 0.1) is 10.9 Å². The van der Waals surface area contributed by atoms with Crippen LogP contribution >= 0.6 is 50.6 Å². The van der Waals surface area contributed by atoms with Crippen molar-refractivity contribution in [3.63, 3.8) is 0 Å². The van der Waals surface area contributed by atoms with Crippen LogP contribution in [0.4, 0.5) is 10.8 Å². The van der Waals surface area contributed by atoms with Gasteiger partial charge in [0, 0.05) is 36.6 Å². The third-order valence-electron chi connectivity index (χ3n) is 6.60. The van der Waals surface area contributed by atoms with Crippen LogP contribution in [0, 0.1) is 0 Å². The van der Waals surface area contributed by atoms with E-state index in [1.165, 1.54) is 23.1 Å². The van der Waals surface area contributed by atoms with Crippen molar-refractivity contribution in [1.29, 1.82) is 0 Å². The summed E-state index contributed by atoms with van der Waals surface area (Å²) in [6.07, 6.45) is 2.15. The molecule has 0 fully saturated rings. The quantitative estimate of drug-likeness (QED) is 0.0930. The van der Waals surface area contributed by atoms with Gasteiger partial charge in [-0.2, -0.15) is 0 Å². The predicted octanol–water partition coefficient (Wildman–Crippen LogP) is 9.14. The van der Waals surface area contributed by atoms with Gasteiger partial charge < -0.3 is 16.0 Å². The van der Waals surface area contributed by atoms with Crippen molar-refractivity contribution in [2.75, 3.05) is 10.6 Å². The lowest BCUT2D eigenvalue weighted by atomic mass is 10.1. The summed E-state index contributed by atoms with van der Waals surface area (Å²) < 4.78 is 0.982. The second-order valence-electron chi connectivity index (χ2n) is 9.96. The summed E-state index contributed by atoms with van der Waals surface area (Å²) in [7, 11) is 0. The minimum atomic E-state index is -0.512. The number of thioether (sulfide) groups is 1. The van der Waals surface area contributed by atoms with Gasteiger partial charge in [-0.1, -0.05) is 83.0 Å². The Balaban J connectivity index is 1.27. The summed E-state index contributed by atoms with van der Waals surface area (Å²) in [5, 5.41) is 11.1. The molecule has 1 atom stereocenters. The maximum atomic E-state index is 13.5. The fourth-order valence-electron chi connectivity index (χ4n) is 4.31. The van der Waals surface area contributed by atoms with Gasteiger partial charge >= 0.3 is 0 Å². The number of rotatable bonds is 11. The van der Waals surface area contributed by atoms with Gasteiger partial charge in [0.1, 0.15) is 5.70 Å². The first kappa shape index (κ1) is 33.2. The Labute approximate surface area is 288 Å². The first-order valence-electron chi connectivity index (χ1n) is 14.2. The number of nitrogens with zero attached hydrogens (tertiary/aromatic N) is 1. The molecule has 3 amide bonds. The molecule has 0 bridgehead atoms. The van der Waals surface area contributed by atoms with Crippen LogP contribution in [-0.2, 0) is 9.59 Å². The van der Waals surface area contributed by atoms with Gasteiger partial charge in [0.15, 0.2) is 5.13 Å². The Morgan fingerprint density at radius 1 is 0.935 bits per heavy atom. The number of benzene rings is 4. The van der Waals surface area contributed by atoms with Crippen LogP contribution in [0.5, 0.6) is 0 Å². The van der Waals surface area contributed by atoms with Crippen LogP contribution in [0.1, 0.15) is 29.3 Å². The fourth-order valence-corrected chi connectivity index (χ4v) is 6.51. The maximum Gasteiger partial charge on any atom is 0.272 e. The summed E-state index contributed by atoms with van der Waals surface area (Å²) in [4.78, 5) is 45.0. The predicted molar refractivity (Wildman–Crippen MR) is 192 cm³/mol. The number of nitrogens with one attached hydrogen (secondary N) is 3. The standard InChI is InChI=1S/C35H28BrClN4O3S2/c1-2-31(34(44)41-35-40-30(21-45-35)23-14-16-25(36)17-15-23)46-28-13-7-12-27(20-28)38-33(43)29(19-22-8-6-11-26(37)18-22)39-32(42)24-9-4-3-5-10-24/h3-21,31H,2H2,1H3,(H,38,43)(H,39,42)(H,40,41,44)/b29-19-. The summed E-state index contributed by atoms with van der Waals surface area (Å²) in [6, 6.07) is 30.7. The lowest BCUT2D eigenvalue weighted by molar-refractivity contribution is -0.116. The van der Waals surface area contributed by atoms with Crippen LogP contribution < -0.4 is 16.0 Å². The maximum absolute atomic E-state index is 13.5. The first-order chi connectivity index (χ1) is 22.3. The highest BCUT2D eigenvalue weighted by Gasteiger charge is 2.20. The highest BCUT2D eigenvalue weighted by atomic mass is 79.9. The molecule has 1 heterocycles. The van der Waals surface area contributed by atoms with Gasteiger partial charge in [-0.15, -0.1) is 23.1 Å². The topological polar surface area (TPSA) is 100 Å². The molecule has 0 saturated heterocycles. The fraction of sp³-hybridized carbons (Fsp3) is 0.0857. The second-order valence-corrected chi connectivity index (χ2v) is 13.5. The van der Waals surface area contributed by atoms with Crippen molar-refractivity contribution in [1.82, 2.24) is 10.3 Å². The molecule has 4 aromatic carbocycles. The van der Waals surface area contributed by atoms with Gasteiger partial charge in [-0.05, 0) is 72.7 Å². The number of hydrogen-bond donors (Lipinski definition) is 3. The minimum Gasteiger partial charge on any atom is -0.321 e. The van der Waals surface area contributed by atoms with E-state index in [0.29, 0.717) is 33.4 Å². The molecule has 1 unspecified atom stereocenters. The third kappa shape index (κ3) is 9.17. The number of carbonyl (C=O) groups excluding carboxylic acids is 3. The number of amides is 3. The van der Waals surface area contributed by atoms with E-state index in [1.54, 1.807) is 72.8 Å². The van der Waals surface area contributed by atoms with Crippen molar-refractivity contribution in [2.24, 2.45) is 0 Å². The van der Waals surface area contributed by atoms with Crippen LogP contribution in [0.25, 0.3) is 17.3 Å². The van der Waals surface area contributed by atoms with Crippen LogP contribution in [0.2, 0.25) is 5.02 Å². The molecule has 46 heavy (non-hydrogen) atoms. The third-order valence-corrected chi connectivity index (χ3v) is 9.48. The number of anilines is 2. The molecular weight excluding hydrogens is 704 g/mol. The SMILES string of the molecule is CCC(Sc1cccc(NC(=O)/C(=C/c2cccc(Cl)c2)NC(=O)c2ccccc2)c1)C(=O)Nc1nc(-c2ccc(Br)cc2)cs1. The smallest absolute Gasteiger partial charge is 0.272 e. The number of hydrogen-bond acceptors (Lipinski definition) is 6. The molecular formula is C35H28BrClN4O3S2. The molecule has 0 radical (unpaired) electrons. The summed E-state index contributed by atoms with van der Waals surface area (Å²) >= 11 is 12.4. The first-order valence-corrected chi connectivity index (χ1v) is 17.1. The highest BCUT2D eigenvalue weighted by molar-refractivity contribution is 9.10. The molecule has 0 aliphatic carbocycles. The molecule has 1 aromatic heterocycles. The normalized spacial score (nSPS) is 11.8. The van der Waals surface area contributed by atoms with E-state index in [9.17, 15) is 14.4 Å². The van der Waals surface area contributed by atoms with Gasteiger partial charge in [-0.25, -0.2) is 4.98 Å². The van der Waals surface area contributed by atoms with E-state index >= 15 is 0 Å². The van der Waals surface area contributed by atoms with Crippen LogP contribution in [-0.4, -0.2) is 28.0 Å². The molecule has 5 rings (SSSR count). The average Bonchev–Trinajstić information content (AvgIpc) is 3.52. The summed E-state index contributed by atoms with van der Waals surface area (Å²) in [5.74, 6) is -1.09. The lowest BCUT2D eigenvalue weighted by Crippen LogP contribution is -2.30. The van der Waals surface area contributed by atoms with E-state index in [2.05, 4.69) is 36.9 Å². The van der Waals surface area contributed by atoms with E-state index in [-0.39, 0.29) is 11.6 Å². The molecule has 232 valence electrons. The number of thiazole rings is 1. The highest BCUT2D eigenvalue weighted by Crippen LogP contribution is 2.30. The molecule has 0 aliphatic heterocycles. The Morgan fingerprint density at radius 3 is 2.43 bits per heavy atom. The number of aromatic nitrogens is 1. The molecule has 3 N–H and O–H groups in total. The van der Waals surface area contributed by atoms with E-state index in [1.807, 2.05) is 48.7 Å². The molecule has 0 spiro atoms. The van der Waals surface area contributed by atoms with Crippen molar-refractivity contribution < 1.29 is 14.4 Å². The van der Waals surface area contributed by atoms with Crippen molar-refractivity contribution >= 4 is 85.2 Å². The number of halogens is 2. The molecule has 0 aliphatic rings. The Kier molecular flexibility index (Phi) is 11.4. The second kappa shape index (κ2) is 15.9. The Hall–Kier alpha value is -4.22. The van der Waals surface area contributed by atoms with Crippen LogP contribution in [0.15, 0.2) is 124 Å². The van der Waals surface area contributed by atoms with Gasteiger partial charge in [0.2, 0.25) is 5.91 Å². The van der Waals surface area contributed by atoms with E-state index in [4.69, 9.17) is 11.6 Å². The van der Waals surface area contributed by atoms with E-state index in [0.717, 1.165) is 20.6 Å². The molecule has 0 saturated carbocycles. The Morgan fingerprint density at radius 2 is 1.70 bits per heavy atom. The van der Waals surface area contributed by atoms with Gasteiger partial charge in [0.25, 0.3) is 11.8 Å². The minimum absolute atomic E-state index is 0.0472. The zero-order valence-electron chi connectivity index (χ0n) is 24.5. The monoisotopic (exact) mass is 730 g/mol. The zero-order valence-corrected chi connectivity index (χ0v) is 28.5. The Bertz CT molecular complexity index is 1880. The van der Waals surface area contributed by atoms with Crippen molar-refractivity contribution in [3.05, 3.63) is 135 Å². The van der Waals surface area contributed by atoms with Crippen molar-refractivity contribution in [2.45, 2.75) is 23.5 Å². The van der Waals surface area contributed by atoms with E-state index < -0.39 is 17.1 Å². The summed E-state index contributed by atoms with van der Waals surface area (Å²) in [6.45, 7) is 1.94. The van der Waals surface area contributed by atoms with Crippen molar-refractivity contribution in [3.8, 4) is 11.3 Å². The molecule has 5 aromatic rings. The van der Waals surface area contributed by atoms with Crippen LogP contribution in [0.3, 0.4) is 0 Å². The van der Waals surface area contributed by atoms with Gasteiger partial charge in [-0.3, -0.25) is 14.4 Å². The largest absolute Gasteiger partial charge is 0.321 e. The number of carbonyl (C=O) groups is 3. The average molecular weight is 732 g/mol. The summed E-state index contributed by atoms with van der Waals surface area (Å²) in [5.41, 5.74) is 3.38.